The van der Waals surface area contributed by atoms with Gasteiger partial charge in [-0.2, -0.15) is 0 Å². The van der Waals surface area contributed by atoms with E-state index in [1.165, 1.54) is 5.56 Å². The molecule has 1 aromatic rings. The third-order valence-electron chi connectivity index (χ3n) is 1.50. The largest absolute Gasteiger partial charge is 0.444 e. The van der Waals surface area contributed by atoms with E-state index in [1.807, 2.05) is 0 Å². The fraction of sp³-hybridized carbons (Fsp3) is 0.400. The lowest BCUT2D eigenvalue weighted by molar-refractivity contribution is -0.884. The standard InChI is InChI=1S/C10H16N.HNO2/c1-11(2,3)9-10-7-5-4-6-8-10;2-1-3/h4-8H,9H2,1-3H3;(H,2,3)/q+1;/p-1. The Hall–Kier alpha value is -1.42. The molecule has 4 nitrogen and oxygen atoms in total. The number of rotatable bonds is 2. The lowest BCUT2D eigenvalue weighted by atomic mass is 10.2. The summed E-state index contributed by atoms with van der Waals surface area (Å²) < 4.78 is 0.990. The first-order valence-electron chi connectivity index (χ1n) is 4.29. The molecular weight excluding hydrogens is 180 g/mol. The van der Waals surface area contributed by atoms with Gasteiger partial charge in [0.15, 0.2) is 0 Å². The summed E-state index contributed by atoms with van der Waals surface area (Å²) in [6.07, 6.45) is 0. The number of benzene rings is 1. The van der Waals surface area contributed by atoms with Crippen LogP contribution in [0, 0.1) is 10.1 Å². The van der Waals surface area contributed by atoms with E-state index in [4.69, 9.17) is 10.1 Å². The van der Waals surface area contributed by atoms with Gasteiger partial charge in [0.25, 0.3) is 0 Å². The van der Waals surface area contributed by atoms with Crippen LogP contribution in [-0.4, -0.2) is 25.6 Å². The first kappa shape index (κ1) is 12.6. The molecule has 0 unspecified atom stereocenters. The maximum Gasteiger partial charge on any atom is 0.104 e. The summed E-state index contributed by atoms with van der Waals surface area (Å²) in [5.41, 5.74) is 1.40. The second kappa shape index (κ2) is 6.10. The average Bonchev–Trinajstić information content (AvgIpc) is 2.04. The van der Waals surface area contributed by atoms with Gasteiger partial charge in [-0.3, -0.25) is 0 Å². The van der Waals surface area contributed by atoms with Gasteiger partial charge in [-0.25, -0.2) is 0 Å². The van der Waals surface area contributed by atoms with Gasteiger partial charge in [-0.15, -0.1) is 5.34 Å². The third-order valence-corrected chi connectivity index (χ3v) is 1.50. The molecule has 0 radical (unpaired) electrons. The fourth-order valence-electron chi connectivity index (χ4n) is 1.13. The van der Waals surface area contributed by atoms with E-state index in [0.29, 0.717) is 0 Å². The van der Waals surface area contributed by atoms with Crippen LogP contribution in [0.2, 0.25) is 0 Å². The lowest BCUT2D eigenvalue weighted by Gasteiger charge is -2.23. The molecule has 0 amide bonds. The highest BCUT2D eigenvalue weighted by molar-refractivity contribution is 5.13. The van der Waals surface area contributed by atoms with Crippen molar-refractivity contribution in [2.45, 2.75) is 6.54 Å². The zero-order valence-electron chi connectivity index (χ0n) is 8.80. The van der Waals surface area contributed by atoms with Crippen LogP contribution in [0.5, 0.6) is 0 Å². The quantitative estimate of drug-likeness (QED) is 0.413. The van der Waals surface area contributed by atoms with Gasteiger partial charge >= 0.3 is 0 Å². The number of nitrogens with zero attached hydrogens (tertiary/aromatic N) is 2. The molecule has 0 N–H and O–H groups in total. The number of hydrogen-bond donors (Lipinski definition) is 0. The monoisotopic (exact) mass is 196 g/mol. The Kier molecular flexibility index (Phi) is 5.48. The summed E-state index contributed by atoms with van der Waals surface area (Å²) in [4.78, 5) is 8.00. The van der Waals surface area contributed by atoms with Crippen molar-refractivity contribution in [3.63, 3.8) is 0 Å². The van der Waals surface area contributed by atoms with Crippen molar-refractivity contribution in [2.24, 2.45) is 5.34 Å². The van der Waals surface area contributed by atoms with E-state index >= 15 is 0 Å². The van der Waals surface area contributed by atoms with Crippen LogP contribution in [0.15, 0.2) is 35.7 Å². The van der Waals surface area contributed by atoms with Gasteiger partial charge in [-0.1, -0.05) is 30.3 Å². The molecular formula is C10H16N2O2. The van der Waals surface area contributed by atoms with Gasteiger partial charge in [-0.05, 0) is 0 Å². The minimum Gasteiger partial charge on any atom is -0.444 e. The van der Waals surface area contributed by atoms with Gasteiger partial charge < -0.3 is 14.6 Å². The molecule has 0 bridgehead atoms. The van der Waals surface area contributed by atoms with E-state index in [0.717, 1.165) is 16.4 Å². The summed E-state index contributed by atoms with van der Waals surface area (Å²) >= 11 is 0. The van der Waals surface area contributed by atoms with Crippen LogP contribution >= 0.6 is 0 Å². The first-order chi connectivity index (χ1) is 6.49. The van der Waals surface area contributed by atoms with Crippen LogP contribution in [0.3, 0.4) is 0 Å². The molecule has 78 valence electrons. The van der Waals surface area contributed by atoms with Gasteiger partial charge in [0.05, 0.1) is 21.1 Å². The van der Waals surface area contributed by atoms with Crippen molar-refractivity contribution in [1.29, 1.82) is 0 Å². The van der Waals surface area contributed by atoms with E-state index in [2.05, 4.69) is 51.5 Å². The lowest BCUT2D eigenvalue weighted by Crippen LogP contribution is -2.33. The molecule has 14 heavy (non-hydrogen) atoms. The zero-order valence-corrected chi connectivity index (χ0v) is 8.80. The Morgan fingerprint density at radius 3 is 2.00 bits per heavy atom. The normalized spacial score (nSPS) is 9.93. The Balaban J connectivity index is 0.000000500. The molecule has 1 aromatic carbocycles. The zero-order chi connectivity index (χ0) is 11.0. The SMILES string of the molecule is C[N+](C)(C)Cc1ccccc1.O=N[O-]. The van der Waals surface area contributed by atoms with Gasteiger partial charge in [0.2, 0.25) is 0 Å². The molecule has 0 saturated heterocycles. The molecule has 4 heteroatoms. The maximum atomic E-state index is 8.00. The fourth-order valence-corrected chi connectivity index (χ4v) is 1.13. The third kappa shape index (κ3) is 7.24. The minimum atomic E-state index is 0.990. The Labute approximate surface area is 84.3 Å². The summed E-state index contributed by atoms with van der Waals surface area (Å²) in [5.74, 6) is 0. The number of quaternary nitrogens is 1. The van der Waals surface area contributed by atoms with E-state index in [9.17, 15) is 0 Å². The van der Waals surface area contributed by atoms with Gasteiger partial charge in [0, 0.05) is 5.56 Å². The smallest absolute Gasteiger partial charge is 0.104 e. The Bertz CT molecular complexity index is 255. The first-order valence-corrected chi connectivity index (χ1v) is 4.29. The van der Waals surface area contributed by atoms with Crippen LogP contribution in [0.4, 0.5) is 0 Å². The molecule has 0 atom stereocenters. The van der Waals surface area contributed by atoms with Crippen molar-refractivity contribution in [3.8, 4) is 0 Å². The Morgan fingerprint density at radius 2 is 1.64 bits per heavy atom. The van der Waals surface area contributed by atoms with E-state index in [-0.39, 0.29) is 0 Å². The maximum absolute atomic E-state index is 8.00. The highest BCUT2D eigenvalue weighted by atomic mass is 16.6. The van der Waals surface area contributed by atoms with Crippen molar-refractivity contribution < 1.29 is 4.48 Å². The van der Waals surface area contributed by atoms with Crippen LogP contribution in [0.25, 0.3) is 0 Å². The molecule has 0 saturated carbocycles. The summed E-state index contributed by atoms with van der Waals surface area (Å²) in [7, 11) is 6.60. The highest BCUT2D eigenvalue weighted by Crippen LogP contribution is 2.04. The molecule has 0 aliphatic rings. The summed E-state index contributed by atoms with van der Waals surface area (Å²) in [6, 6.07) is 10.6. The van der Waals surface area contributed by atoms with Crippen molar-refractivity contribution in [3.05, 3.63) is 46.0 Å². The van der Waals surface area contributed by atoms with Crippen molar-refractivity contribution in [2.75, 3.05) is 21.1 Å². The topological polar surface area (TPSA) is 52.5 Å². The number of hydrogen-bond acceptors (Lipinski definition) is 3. The predicted molar refractivity (Wildman–Crippen MR) is 57.3 cm³/mol. The van der Waals surface area contributed by atoms with Crippen molar-refractivity contribution >= 4 is 0 Å². The molecule has 1 rings (SSSR count). The average molecular weight is 196 g/mol. The minimum absolute atomic E-state index is 0.990. The summed E-state index contributed by atoms with van der Waals surface area (Å²) in [5, 5.41) is 9.00. The van der Waals surface area contributed by atoms with Crippen LogP contribution in [0.1, 0.15) is 5.56 Å². The molecule has 0 aliphatic carbocycles. The molecule has 0 aliphatic heterocycles. The highest BCUT2D eigenvalue weighted by Gasteiger charge is 2.06. The summed E-state index contributed by atoms with van der Waals surface area (Å²) in [6.45, 7) is 1.10. The second-order valence-corrected chi connectivity index (χ2v) is 4.01. The predicted octanol–water partition coefficient (Wildman–Crippen LogP) is 2.14. The van der Waals surface area contributed by atoms with Crippen molar-refractivity contribution in [1.82, 2.24) is 0 Å². The second-order valence-electron chi connectivity index (χ2n) is 4.01. The van der Waals surface area contributed by atoms with Crippen LogP contribution in [-0.2, 0) is 6.54 Å². The molecule has 0 spiro atoms. The van der Waals surface area contributed by atoms with E-state index in [1.54, 1.807) is 0 Å². The molecule has 0 fully saturated rings. The van der Waals surface area contributed by atoms with Gasteiger partial charge in [0.1, 0.15) is 6.54 Å². The Morgan fingerprint density at radius 1 is 1.21 bits per heavy atom. The molecule has 0 heterocycles. The van der Waals surface area contributed by atoms with E-state index < -0.39 is 0 Å². The molecule has 0 aromatic heterocycles. The van der Waals surface area contributed by atoms with Crippen LogP contribution < -0.4 is 0 Å².